The third-order valence-electron chi connectivity index (χ3n) is 2.98. The second-order valence-electron chi connectivity index (χ2n) is 4.22. The number of likely N-dealkylation sites (N-methyl/N-ethyl adjacent to an activating group) is 1. The number of piperidine rings is 1. The highest BCUT2D eigenvalue weighted by molar-refractivity contribution is 5.75. The summed E-state index contributed by atoms with van der Waals surface area (Å²) in [7, 11) is 1.74. The van der Waals surface area contributed by atoms with E-state index in [-0.39, 0.29) is 12.5 Å². The average Bonchev–Trinajstić information content (AvgIpc) is 2.27. The molecule has 88 valence electrons. The SMILES string of the molecule is CN(CCO)C(=O)CCC1CCCCN1. The topological polar surface area (TPSA) is 52.6 Å². The van der Waals surface area contributed by atoms with Crippen LogP contribution in [0, 0.1) is 0 Å². The standard InChI is InChI=1S/C11H22N2O2/c1-13(8-9-14)11(15)6-5-10-4-2-3-7-12-10/h10,12,14H,2-9H2,1H3. The minimum atomic E-state index is 0.0456. The Kier molecular flexibility index (Phi) is 5.65. The minimum absolute atomic E-state index is 0.0456. The number of carbonyl (C=O) groups excluding carboxylic acids is 1. The zero-order valence-electron chi connectivity index (χ0n) is 9.54. The molecule has 1 aliphatic heterocycles. The maximum Gasteiger partial charge on any atom is 0.222 e. The third kappa shape index (κ3) is 4.62. The van der Waals surface area contributed by atoms with Crippen LogP contribution in [0.2, 0.25) is 0 Å². The van der Waals surface area contributed by atoms with Crippen molar-refractivity contribution in [3.05, 3.63) is 0 Å². The second-order valence-corrected chi connectivity index (χ2v) is 4.22. The van der Waals surface area contributed by atoms with Gasteiger partial charge in [0.15, 0.2) is 0 Å². The number of rotatable bonds is 5. The van der Waals surface area contributed by atoms with Crippen molar-refractivity contribution in [3.63, 3.8) is 0 Å². The van der Waals surface area contributed by atoms with E-state index in [9.17, 15) is 4.79 Å². The van der Waals surface area contributed by atoms with Crippen molar-refractivity contribution in [1.29, 1.82) is 0 Å². The molecule has 1 amide bonds. The van der Waals surface area contributed by atoms with Crippen LogP contribution in [0.15, 0.2) is 0 Å². The van der Waals surface area contributed by atoms with Crippen molar-refractivity contribution in [2.75, 3.05) is 26.7 Å². The lowest BCUT2D eigenvalue weighted by Gasteiger charge is -2.24. The quantitative estimate of drug-likeness (QED) is 0.695. The largest absolute Gasteiger partial charge is 0.395 e. The molecule has 0 saturated carbocycles. The Morgan fingerprint density at radius 3 is 2.93 bits per heavy atom. The first-order valence-corrected chi connectivity index (χ1v) is 5.82. The fourth-order valence-electron chi connectivity index (χ4n) is 1.93. The number of carbonyl (C=O) groups is 1. The van der Waals surface area contributed by atoms with Crippen molar-refractivity contribution in [2.24, 2.45) is 0 Å². The van der Waals surface area contributed by atoms with Crippen LogP contribution in [0.3, 0.4) is 0 Å². The average molecular weight is 214 g/mol. The lowest BCUT2D eigenvalue weighted by Crippen LogP contribution is -2.36. The number of aliphatic hydroxyl groups is 1. The maximum absolute atomic E-state index is 11.6. The van der Waals surface area contributed by atoms with E-state index >= 15 is 0 Å². The van der Waals surface area contributed by atoms with Crippen molar-refractivity contribution in [3.8, 4) is 0 Å². The van der Waals surface area contributed by atoms with Crippen LogP contribution >= 0.6 is 0 Å². The molecule has 1 saturated heterocycles. The first kappa shape index (κ1) is 12.5. The van der Waals surface area contributed by atoms with Crippen LogP contribution in [0.1, 0.15) is 32.1 Å². The van der Waals surface area contributed by atoms with Crippen LogP contribution < -0.4 is 5.32 Å². The van der Waals surface area contributed by atoms with Crippen molar-refractivity contribution < 1.29 is 9.90 Å². The van der Waals surface area contributed by atoms with Gasteiger partial charge in [-0.25, -0.2) is 0 Å². The summed E-state index contributed by atoms with van der Waals surface area (Å²) in [6, 6.07) is 0.519. The molecule has 1 atom stereocenters. The number of nitrogens with one attached hydrogen (secondary N) is 1. The van der Waals surface area contributed by atoms with Gasteiger partial charge in [0.2, 0.25) is 5.91 Å². The van der Waals surface area contributed by atoms with Gasteiger partial charge in [-0.05, 0) is 25.8 Å². The summed E-state index contributed by atoms with van der Waals surface area (Å²) >= 11 is 0. The van der Waals surface area contributed by atoms with E-state index in [2.05, 4.69) is 5.32 Å². The van der Waals surface area contributed by atoms with Crippen LogP contribution in [-0.2, 0) is 4.79 Å². The van der Waals surface area contributed by atoms with E-state index in [4.69, 9.17) is 5.11 Å². The number of amides is 1. The van der Waals surface area contributed by atoms with Gasteiger partial charge >= 0.3 is 0 Å². The Hall–Kier alpha value is -0.610. The molecule has 1 fully saturated rings. The number of nitrogens with zero attached hydrogens (tertiary/aromatic N) is 1. The molecule has 0 aromatic carbocycles. The molecule has 1 rings (SSSR count). The molecule has 0 bridgehead atoms. The lowest BCUT2D eigenvalue weighted by atomic mass is 10.0. The summed E-state index contributed by atoms with van der Waals surface area (Å²) in [5.41, 5.74) is 0. The first-order chi connectivity index (χ1) is 7.24. The van der Waals surface area contributed by atoms with E-state index in [1.807, 2.05) is 0 Å². The highest BCUT2D eigenvalue weighted by Crippen LogP contribution is 2.12. The van der Waals surface area contributed by atoms with Gasteiger partial charge in [-0.15, -0.1) is 0 Å². The van der Waals surface area contributed by atoms with Gasteiger partial charge in [-0.1, -0.05) is 6.42 Å². The summed E-state index contributed by atoms with van der Waals surface area (Å²) < 4.78 is 0. The molecule has 2 N–H and O–H groups in total. The van der Waals surface area contributed by atoms with Crippen molar-refractivity contribution in [2.45, 2.75) is 38.1 Å². The summed E-state index contributed by atoms with van der Waals surface area (Å²) in [4.78, 5) is 13.2. The van der Waals surface area contributed by atoms with Gasteiger partial charge in [0.05, 0.1) is 6.61 Å². The molecule has 0 radical (unpaired) electrons. The number of hydrogen-bond donors (Lipinski definition) is 2. The van der Waals surface area contributed by atoms with E-state index in [1.54, 1.807) is 11.9 Å². The fraction of sp³-hybridized carbons (Fsp3) is 0.909. The molecule has 4 heteroatoms. The van der Waals surface area contributed by atoms with Gasteiger partial charge in [0.1, 0.15) is 0 Å². The van der Waals surface area contributed by atoms with Crippen LogP contribution in [-0.4, -0.2) is 48.7 Å². The Balaban J connectivity index is 2.14. The van der Waals surface area contributed by atoms with Crippen molar-refractivity contribution in [1.82, 2.24) is 10.2 Å². The Morgan fingerprint density at radius 1 is 1.53 bits per heavy atom. The molecule has 0 aliphatic carbocycles. The van der Waals surface area contributed by atoms with E-state index in [1.165, 1.54) is 19.3 Å². The fourth-order valence-corrected chi connectivity index (χ4v) is 1.93. The zero-order valence-corrected chi connectivity index (χ0v) is 9.54. The highest BCUT2D eigenvalue weighted by Gasteiger charge is 2.15. The molecule has 0 spiro atoms. The lowest BCUT2D eigenvalue weighted by molar-refractivity contribution is -0.130. The van der Waals surface area contributed by atoms with E-state index in [0.29, 0.717) is 19.0 Å². The zero-order chi connectivity index (χ0) is 11.1. The maximum atomic E-state index is 11.6. The Labute approximate surface area is 91.6 Å². The molecule has 1 heterocycles. The van der Waals surface area contributed by atoms with Crippen LogP contribution in [0.5, 0.6) is 0 Å². The van der Waals surface area contributed by atoms with Gasteiger partial charge in [-0.3, -0.25) is 4.79 Å². The molecule has 4 nitrogen and oxygen atoms in total. The highest BCUT2D eigenvalue weighted by atomic mass is 16.3. The Morgan fingerprint density at radius 2 is 2.33 bits per heavy atom. The van der Waals surface area contributed by atoms with Gasteiger partial charge in [0, 0.05) is 26.1 Å². The predicted molar refractivity (Wildman–Crippen MR) is 59.6 cm³/mol. The number of hydrogen-bond acceptors (Lipinski definition) is 3. The normalized spacial score (nSPS) is 21.3. The first-order valence-electron chi connectivity index (χ1n) is 5.82. The Bertz CT molecular complexity index is 191. The molecule has 15 heavy (non-hydrogen) atoms. The van der Waals surface area contributed by atoms with Crippen molar-refractivity contribution >= 4 is 5.91 Å². The predicted octanol–water partition coefficient (Wildman–Crippen LogP) is 0.359. The van der Waals surface area contributed by atoms with Crippen LogP contribution in [0.25, 0.3) is 0 Å². The number of aliphatic hydroxyl groups excluding tert-OH is 1. The van der Waals surface area contributed by atoms with Gasteiger partial charge < -0.3 is 15.3 Å². The van der Waals surface area contributed by atoms with Crippen LogP contribution in [0.4, 0.5) is 0 Å². The van der Waals surface area contributed by atoms with Gasteiger partial charge in [-0.2, -0.15) is 0 Å². The van der Waals surface area contributed by atoms with E-state index < -0.39 is 0 Å². The second kappa shape index (κ2) is 6.80. The summed E-state index contributed by atoms with van der Waals surface area (Å²) in [5.74, 6) is 0.136. The summed E-state index contributed by atoms with van der Waals surface area (Å²) in [5, 5.41) is 12.1. The van der Waals surface area contributed by atoms with Gasteiger partial charge in [0.25, 0.3) is 0 Å². The molecular weight excluding hydrogens is 192 g/mol. The molecule has 0 aromatic heterocycles. The van der Waals surface area contributed by atoms with E-state index in [0.717, 1.165) is 13.0 Å². The summed E-state index contributed by atoms with van der Waals surface area (Å²) in [6.07, 6.45) is 5.24. The molecule has 0 aromatic rings. The minimum Gasteiger partial charge on any atom is -0.395 e. The monoisotopic (exact) mass is 214 g/mol. The molecule has 1 unspecified atom stereocenters. The molecular formula is C11H22N2O2. The third-order valence-corrected chi connectivity index (χ3v) is 2.98. The smallest absolute Gasteiger partial charge is 0.222 e. The molecule has 1 aliphatic rings. The summed E-state index contributed by atoms with van der Waals surface area (Å²) in [6.45, 7) is 1.58.